The first-order valence-electron chi connectivity index (χ1n) is 8.98. The Balaban J connectivity index is 1.88. The van der Waals surface area contributed by atoms with Crippen molar-refractivity contribution in [2.75, 3.05) is 0 Å². The Bertz CT molecular complexity index is 1230. The van der Waals surface area contributed by atoms with Crippen LogP contribution in [0.15, 0.2) is 91.0 Å². The van der Waals surface area contributed by atoms with E-state index in [-0.39, 0.29) is 0 Å². The lowest BCUT2D eigenvalue weighted by atomic mass is 9.92. The molecule has 0 aliphatic heterocycles. The van der Waals surface area contributed by atoms with Crippen molar-refractivity contribution in [2.45, 2.75) is 6.54 Å². The molecule has 0 radical (unpaired) electrons. The van der Waals surface area contributed by atoms with E-state index in [2.05, 4.69) is 91.0 Å². The van der Waals surface area contributed by atoms with E-state index in [1.165, 1.54) is 43.4 Å². The summed E-state index contributed by atoms with van der Waals surface area (Å²) >= 11 is 0. The molecule has 124 valence electrons. The van der Waals surface area contributed by atoms with Gasteiger partial charge in [-0.25, -0.2) is 0 Å². The predicted molar refractivity (Wildman–Crippen MR) is 112 cm³/mol. The van der Waals surface area contributed by atoms with E-state index in [1.807, 2.05) is 0 Å². The molecule has 0 saturated carbocycles. The summed E-state index contributed by atoms with van der Waals surface area (Å²) in [6.07, 6.45) is 0. The van der Waals surface area contributed by atoms with Gasteiger partial charge in [0.15, 0.2) is 0 Å². The number of fused-ring (bicyclic) bond motifs is 6. The van der Waals surface area contributed by atoms with Crippen molar-refractivity contribution in [1.82, 2.24) is 0 Å². The van der Waals surface area contributed by atoms with Gasteiger partial charge in [-0.05, 0) is 61.1 Å². The van der Waals surface area contributed by atoms with Gasteiger partial charge in [0.05, 0.1) is 0 Å². The van der Waals surface area contributed by atoms with E-state index in [1.54, 1.807) is 0 Å². The molecule has 0 aromatic heterocycles. The van der Waals surface area contributed by atoms with Gasteiger partial charge in [0.1, 0.15) is 0 Å². The zero-order chi connectivity index (χ0) is 17.5. The molecular formula is C25H19N. The normalized spacial score (nSPS) is 11.4. The van der Waals surface area contributed by atoms with Crippen molar-refractivity contribution < 1.29 is 0 Å². The van der Waals surface area contributed by atoms with E-state index < -0.39 is 0 Å². The first-order valence-corrected chi connectivity index (χ1v) is 8.98. The highest BCUT2D eigenvalue weighted by Gasteiger charge is 2.09. The van der Waals surface area contributed by atoms with Gasteiger partial charge in [0.25, 0.3) is 0 Å². The van der Waals surface area contributed by atoms with Crippen LogP contribution in [-0.2, 0) is 6.54 Å². The second-order valence-electron chi connectivity index (χ2n) is 6.76. The topological polar surface area (TPSA) is 26.0 Å². The van der Waals surface area contributed by atoms with Gasteiger partial charge in [-0.2, -0.15) is 0 Å². The van der Waals surface area contributed by atoms with Gasteiger partial charge in [-0.15, -0.1) is 0 Å². The minimum absolute atomic E-state index is 0.564. The zero-order valence-electron chi connectivity index (χ0n) is 14.4. The third kappa shape index (κ3) is 2.29. The monoisotopic (exact) mass is 333 g/mol. The van der Waals surface area contributed by atoms with Crippen LogP contribution in [0.5, 0.6) is 0 Å². The maximum absolute atomic E-state index is 5.82. The summed E-state index contributed by atoms with van der Waals surface area (Å²) < 4.78 is 0. The van der Waals surface area contributed by atoms with Crippen molar-refractivity contribution in [3.05, 3.63) is 96.6 Å². The molecule has 0 aliphatic carbocycles. The van der Waals surface area contributed by atoms with Crippen molar-refractivity contribution in [1.29, 1.82) is 0 Å². The zero-order valence-corrected chi connectivity index (χ0v) is 14.4. The molecule has 1 nitrogen and oxygen atoms in total. The Labute approximate surface area is 152 Å². The van der Waals surface area contributed by atoms with Crippen molar-refractivity contribution in [3.63, 3.8) is 0 Å². The lowest BCUT2D eigenvalue weighted by Crippen LogP contribution is -1.95. The molecule has 0 fully saturated rings. The van der Waals surface area contributed by atoms with Crippen LogP contribution in [0, 0.1) is 0 Å². The van der Waals surface area contributed by atoms with Gasteiger partial charge in [0, 0.05) is 6.54 Å². The minimum Gasteiger partial charge on any atom is -0.326 e. The Hall–Kier alpha value is -3.16. The highest BCUT2D eigenvalue weighted by Crippen LogP contribution is 2.36. The molecule has 0 heterocycles. The molecule has 0 unspecified atom stereocenters. The van der Waals surface area contributed by atoms with Crippen LogP contribution in [0.2, 0.25) is 0 Å². The molecule has 5 rings (SSSR count). The standard InChI is InChI=1S/C25H19N/c26-16-17-6-5-7-18(14-17)19-12-13-24-22-10-2-1-8-20(22)21-9-3-4-11-23(21)25(24)15-19/h1-15H,16,26H2. The Morgan fingerprint density at radius 3 is 1.62 bits per heavy atom. The van der Waals surface area contributed by atoms with E-state index in [0.29, 0.717) is 6.54 Å². The van der Waals surface area contributed by atoms with Crippen LogP contribution in [0.3, 0.4) is 0 Å². The minimum atomic E-state index is 0.564. The summed E-state index contributed by atoms with van der Waals surface area (Å²) in [5, 5.41) is 7.84. The molecule has 0 atom stereocenters. The average molecular weight is 333 g/mol. The van der Waals surface area contributed by atoms with E-state index in [9.17, 15) is 0 Å². The van der Waals surface area contributed by atoms with Gasteiger partial charge in [-0.3, -0.25) is 0 Å². The molecule has 1 heteroatoms. The fourth-order valence-corrected chi connectivity index (χ4v) is 3.97. The van der Waals surface area contributed by atoms with Gasteiger partial charge in [0.2, 0.25) is 0 Å². The molecule has 0 spiro atoms. The van der Waals surface area contributed by atoms with E-state index in [4.69, 9.17) is 5.73 Å². The number of nitrogens with two attached hydrogens (primary N) is 1. The Morgan fingerprint density at radius 2 is 1.00 bits per heavy atom. The van der Waals surface area contributed by atoms with Crippen LogP contribution in [-0.4, -0.2) is 0 Å². The summed E-state index contributed by atoms with van der Waals surface area (Å²) in [6, 6.07) is 32.7. The van der Waals surface area contributed by atoms with Gasteiger partial charge in [-0.1, -0.05) is 78.9 Å². The van der Waals surface area contributed by atoms with Gasteiger partial charge < -0.3 is 5.73 Å². The molecule has 0 saturated heterocycles. The summed E-state index contributed by atoms with van der Waals surface area (Å²) in [7, 11) is 0. The fraction of sp³-hybridized carbons (Fsp3) is 0.0400. The molecular weight excluding hydrogens is 314 g/mol. The molecule has 2 N–H and O–H groups in total. The average Bonchev–Trinajstić information content (AvgIpc) is 2.73. The van der Waals surface area contributed by atoms with Crippen molar-refractivity contribution >= 4 is 32.3 Å². The third-order valence-electron chi connectivity index (χ3n) is 5.24. The SMILES string of the molecule is NCc1cccc(-c2ccc3c4ccccc4c4ccccc4c3c2)c1. The summed E-state index contributed by atoms with van der Waals surface area (Å²) in [5.74, 6) is 0. The second kappa shape index (κ2) is 5.98. The van der Waals surface area contributed by atoms with Crippen LogP contribution in [0.1, 0.15) is 5.56 Å². The van der Waals surface area contributed by atoms with Gasteiger partial charge >= 0.3 is 0 Å². The number of benzene rings is 5. The predicted octanol–water partition coefficient (Wildman–Crippen LogP) is 6.27. The smallest absolute Gasteiger partial charge is 0.0178 e. The fourth-order valence-electron chi connectivity index (χ4n) is 3.97. The quantitative estimate of drug-likeness (QED) is 0.378. The first-order chi connectivity index (χ1) is 12.8. The van der Waals surface area contributed by atoms with Crippen molar-refractivity contribution in [3.8, 4) is 11.1 Å². The van der Waals surface area contributed by atoms with E-state index >= 15 is 0 Å². The summed E-state index contributed by atoms with van der Waals surface area (Å²) in [4.78, 5) is 0. The lowest BCUT2D eigenvalue weighted by molar-refractivity contribution is 1.07. The molecule has 0 aliphatic rings. The number of rotatable bonds is 2. The molecule has 26 heavy (non-hydrogen) atoms. The van der Waals surface area contributed by atoms with Crippen LogP contribution >= 0.6 is 0 Å². The molecule has 5 aromatic carbocycles. The number of hydrogen-bond acceptors (Lipinski definition) is 1. The van der Waals surface area contributed by atoms with Crippen LogP contribution in [0.25, 0.3) is 43.4 Å². The molecule has 0 bridgehead atoms. The van der Waals surface area contributed by atoms with Crippen LogP contribution in [0.4, 0.5) is 0 Å². The Kier molecular flexibility index (Phi) is 3.48. The molecule has 0 amide bonds. The largest absolute Gasteiger partial charge is 0.326 e. The lowest BCUT2D eigenvalue weighted by Gasteiger charge is -2.12. The summed E-state index contributed by atoms with van der Waals surface area (Å²) in [5.41, 5.74) is 9.43. The first kappa shape index (κ1) is 15.1. The van der Waals surface area contributed by atoms with Crippen LogP contribution < -0.4 is 5.73 Å². The Morgan fingerprint density at radius 1 is 0.462 bits per heavy atom. The highest BCUT2D eigenvalue weighted by atomic mass is 14.5. The van der Waals surface area contributed by atoms with Crippen molar-refractivity contribution in [2.24, 2.45) is 5.73 Å². The summed E-state index contributed by atoms with van der Waals surface area (Å²) in [6.45, 7) is 0.564. The maximum atomic E-state index is 5.82. The number of hydrogen-bond donors (Lipinski definition) is 1. The highest BCUT2D eigenvalue weighted by molar-refractivity contribution is 6.25. The third-order valence-corrected chi connectivity index (χ3v) is 5.24. The second-order valence-corrected chi connectivity index (χ2v) is 6.76. The van der Waals surface area contributed by atoms with E-state index in [0.717, 1.165) is 5.56 Å². The molecule has 5 aromatic rings. The maximum Gasteiger partial charge on any atom is 0.0178 e.